The molecule has 0 fully saturated rings. The molecule has 2 rings (SSSR count). The lowest BCUT2D eigenvalue weighted by molar-refractivity contribution is -0.119. The first-order valence-corrected chi connectivity index (χ1v) is 9.67. The monoisotopic (exact) mass is 451 g/mol. The van der Waals surface area contributed by atoms with Gasteiger partial charge in [-0.25, -0.2) is 13.8 Å². The molecule has 0 aliphatic heterocycles. The number of methoxy groups -OCH3 is 2. The number of amidine groups is 1. The first-order chi connectivity index (χ1) is 14.7. The molecule has 31 heavy (non-hydrogen) atoms. The van der Waals surface area contributed by atoms with Gasteiger partial charge in [0.05, 0.1) is 30.6 Å². The molecule has 0 bridgehead atoms. The summed E-state index contributed by atoms with van der Waals surface area (Å²) in [5.74, 6) is -0.883. The van der Waals surface area contributed by atoms with Crippen molar-refractivity contribution < 1.29 is 23.0 Å². The number of carbonyl (C=O) groups is 1. The van der Waals surface area contributed by atoms with Crippen molar-refractivity contribution in [2.45, 2.75) is 20.3 Å². The van der Waals surface area contributed by atoms with E-state index in [0.29, 0.717) is 44.9 Å². The van der Waals surface area contributed by atoms with Gasteiger partial charge in [-0.15, -0.1) is 0 Å². The highest BCUT2D eigenvalue weighted by atomic mass is 35.5. The third-order valence-corrected chi connectivity index (χ3v) is 4.67. The van der Waals surface area contributed by atoms with Gasteiger partial charge >= 0.3 is 0 Å². The maximum atomic E-state index is 13.8. The zero-order valence-corrected chi connectivity index (χ0v) is 18.7. The van der Waals surface area contributed by atoms with Crippen LogP contribution in [0.1, 0.15) is 25.8 Å². The van der Waals surface area contributed by atoms with Crippen LogP contribution >= 0.6 is 11.6 Å². The number of halogens is 3. The molecule has 1 amide bonds. The summed E-state index contributed by atoms with van der Waals surface area (Å²) in [5.41, 5.74) is 1.78. The standard InChI is InChI=1S/C22H24ClF2N3O3/c1-12(8-21(29)26-3)22(14-6-7-16(24)17(25)9-14)28-13(2)27-18-10-15(23)19(30-4)11-20(18)31-5/h6-7,9-11H,8H2,1-5H3,(H,26,29)(H,27,28)/b22-12+. The Bertz CT molecular complexity index is 1040. The lowest BCUT2D eigenvalue weighted by atomic mass is 10.0. The predicted octanol–water partition coefficient (Wildman–Crippen LogP) is 5.03. The highest BCUT2D eigenvalue weighted by Gasteiger charge is 2.14. The van der Waals surface area contributed by atoms with Crippen molar-refractivity contribution in [2.75, 3.05) is 26.6 Å². The second-order valence-corrected chi connectivity index (χ2v) is 7.02. The van der Waals surface area contributed by atoms with E-state index in [4.69, 9.17) is 21.1 Å². The third kappa shape index (κ3) is 6.18. The van der Waals surface area contributed by atoms with Crippen LogP contribution < -0.4 is 20.1 Å². The summed E-state index contributed by atoms with van der Waals surface area (Å²) in [6.07, 6.45) is 0.0410. The maximum absolute atomic E-state index is 13.8. The fraction of sp³-hybridized carbons (Fsp3) is 0.273. The van der Waals surface area contributed by atoms with Gasteiger partial charge in [-0.1, -0.05) is 11.6 Å². The summed E-state index contributed by atoms with van der Waals surface area (Å²) < 4.78 is 37.8. The minimum absolute atomic E-state index is 0.0410. The van der Waals surface area contributed by atoms with Gasteiger partial charge < -0.3 is 20.1 Å². The maximum Gasteiger partial charge on any atom is 0.223 e. The minimum atomic E-state index is -1.01. The van der Waals surface area contributed by atoms with Gasteiger partial charge in [-0.2, -0.15) is 0 Å². The highest BCUT2D eigenvalue weighted by Crippen LogP contribution is 2.36. The molecule has 0 unspecified atom stereocenters. The van der Waals surface area contributed by atoms with Crippen molar-refractivity contribution in [1.82, 2.24) is 5.32 Å². The molecule has 0 saturated carbocycles. The molecule has 9 heteroatoms. The highest BCUT2D eigenvalue weighted by molar-refractivity contribution is 6.32. The molecule has 0 saturated heterocycles. The minimum Gasteiger partial charge on any atom is -0.495 e. The molecular formula is C22H24ClF2N3O3. The van der Waals surface area contributed by atoms with E-state index < -0.39 is 11.6 Å². The Labute approximate surface area is 184 Å². The molecule has 166 valence electrons. The van der Waals surface area contributed by atoms with E-state index in [0.717, 1.165) is 12.1 Å². The molecule has 0 spiro atoms. The van der Waals surface area contributed by atoms with Gasteiger partial charge in [-0.05, 0) is 43.7 Å². The molecule has 2 aromatic carbocycles. The molecular weight excluding hydrogens is 428 g/mol. The van der Waals surface area contributed by atoms with Gasteiger partial charge in [0.2, 0.25) is 5.91 Å². The Kier molecular flexibility index (Phi) is 8.38. The Balaban J connectivity index is 2.50. The van der Waals surface area contributed by atoms with E-state index in [-0.39, 0.29) is 12.3 Å². The van der Waals surface area contributed by atoms with Crippen LogP contribution in [-0.4, -0.2) is 33.0 Å². The molecule has 2 aromatic rings. The number of nitrogens with zero attached hydrogens (tertiary/aromatic N) is 1. The quantitative estimate of drug-likeness (QED) is 0.457. The fourth-order valence-electron chi connectivity index (χ4n) is 2.81. The molecule has 0 aliphatic carbocycles. The van der Waals surface area contributed by atoms with Gasteiger partial charge in [0.15, 0.2) is 11.6 Å². The molecule has 6 nitrogen and oxygen atoms in total. The first-order valence-electron chi connectivity index (χ1n) is 9.29. The van der Waals surface area contributed by atoms with Crippen LogP contribution in [0.2, 0.25) is 5.02 Å². The average Bonchev–Trinajstić information content (AvgIpc) is 2.74. The molecule has 0 aromatic heterocycles. The van der Waals surface area contributed by atoms with E-state index in [9.17, 15) is 13.6 Å². The van der Waals surface area contributed by atoms with E-state index in [1.54, 1.807) is 26.0 Å². The first kappa shape index (κ1) is 24.1. The summed E-state index contributed by atoms with van der Waals surface area (Å²) in [4.78, 5) is 16.4. The topological polar surface area (TPSA) is 72.0 Å². The Morgan fingerprint density at radius 1 is 1.06 bits per heavy atom. The summed E-state index contributed by atoms with van der Waals surface area (Å²) >= 11 is 6.21. The number of hydrogen-bond donors (Lipinski definition) is 2. The van der Waals surface area contributed by atoms with Crippen LogP contribution in [0.3, 0.4) is 0 Å². The normalized spacial score (nSPS) is 12.2. The Hall–Kier alpha value is -3.13. The van der Waals surface area contributed by atoms with Gasteiger partial charge in [-0.3, -0.25) is 4.79 Å². The number of nitrogens with one attached hydrogen (secondary N) is 2. The van der Waals surface area contributed by atoms with Crippen LogP contribution in [0.25, 0.3) is 5.70 Å². The number of rotatable bonds is 7. The third-order valence-electron chi connectivity index (χ3n) is 4.37. The molecule has 0 heterocycles. The number of hydrogen-bond acceptors (Lipinski definition) is 4. The van der Waals surface area contributed by atoms with Crippen LogP contribution in [0, 0.1) is 11.6 Å². The van der Waals surface area contributed by atoms with Crippen molar-refractivity contribution in [3.05, 3.63) is 58.1 Å². The summed E-state index contributed by atoms with van der Waals surface area (Å²) in [6.45, 7) is 3.39. The lowest BCUT2D eigenvalue weighted by Crippen LogP contribution is -2.18. The zero-order valence-electron chi connectivity index (χ0n) is 17.9. The van der Waals surface area contributed by atoms with E-state index in [2.05, 4.69) is 15.6 Å². The molecule has 2 N–H and O–H groups in total. The lowest BCUT2D eigenvalue weighted by Gasteiger charge is -2.15. The van der Waals surface area contributed by atoms with Crippen molar-refractivity contribution in [1.29, 1.82) is 0 Å². The van der Waals surface area contributed by atoms with Crippen LogP contribution in [0.4, 0.5) is 14.5 Å². The number of benzene rings is 2. The van der Waals surface area contributed by atoms with Crippen LogP contribution in [-0.2, 0) is 4.79 Å². The van der Waals surface area contributed by atoms with E-state index >= 15 is 0 Å². The van der Waals surface area contributed by atoms with Crippen molar-refractivity contribution in [3.63, 3.8) is 0 Å². The van der Waals surface area contributed by atoms with Gasteiger partial charge in [0.25, 0.3) is 0 Å². The average molecular weight is 452 g/mol. The van der Waals surface area contributed by atoms with Gasteiger partial charge in [0, 0.05) is 25.1 Å². The Morgan fingerprint density at radius 3 is 2.32 bits per heavy atom. The zero-order chi connectivity index (χ0) is 23.1. The number of aliphatic imine (C=N–C) groups is 1. The van der Waals surface area contributed by atoms with E-state index in [1.165, 1.54) is 27.3 Å². The second kappa shape index (κ2) is 10.8. The number of anilines is 1. The summed E-state index contributed by atoms with van der Waals surface area (Å²) in [7, 11) is 4.51. The van der Waals surface area contributed by atoms with Crippen molar-refractivity contribution >= 4 is 34.7 Å². The number of amides is 1. The fourth-order valence-corrected chi connectivity index (χ4v) is 3.05. The largest absolute Gasteiger partial charge is 0.495 e. The van der Waals surface area contributed by atoms with Crippen LogP contribution in [0.5, 0.6) is 11.5 Å². The van der Waals surface area contributed by atoms with Crippen molar-refractivity contribution in [3.8, 4) is 11.5 Å². The van der Waals surface area contributed by atoms with Crippen LogP contribution in [0.15, 0.2) is 40.9 Å². The molecule has 0 aliphatic rings. The number of carbonyl (C=O) groups excluding carboxylic acids is 1. The molecule has 0 atom stereocenters. The summed E-state index contributed by atoms with van der Waals surface area (Å²) in [6, 6.07) is 6.71. The van der Waals surface area contributed by atoms with Gasteiger partial charge in [0.1, 0.15) is 17.3 Å². The Morgan fingerprint density at radius 2 is 1.74 bits per heavy atom. The summed E-state index contributed by atoms with van der Waals surface area (Å²) in [5, 5.41) is 5.98. The van der Waals surface area contributed by atoms with E-state index in [1.807, 2.05) is 0 Å². The molecule has 0 radical (unpaired) electrons. The smallest absolute Gasteiger partial charge is 0.223 e. The number of ether oxygens (including phenoxy) is 2. The second-order valence-electron chi connectivity index (χ2n) is 6.62. The van der Waals surface area contributed by atoms with Crippen molar-refractivity contribution in [2.24, 2.45) is 4.99 Å². The SMILES string of the molecule is CNC(=O)C/C(C)=C(/N=C(\C)Nc1cc(Cl)c(OC)cc1OC)c1ccc(F)c(F)c1. The predicted molar refractivity (Wildman–Crippen MR) is 119 cm³/mol.